The van der Waals surface area contributed by atoms with Crippen molar-refractivity contribution in [1.29, 1.82) is 0 Å². The molecule has 1 fully saturated rings. The summed E-state index contributed by atoms with van der Waals surface area (Å²) >= 11 is 1.80. The number of hydrogen-bond acceptors (Lipinski definition) is 3. The van der Waals surface area contributed by atoms with Crippen LogP contribution in [0.25, 0.3) is 0 Å². The Balaban J connectivity index is 2.14. The van der Waals surface area contributed by atoms with Crippen LogP contribution in [0.5, 0.6) is 0 Å². The van der Waals surface area contributed by atoms with Gasteiger partial charge in [-0.2, -0.15) is 0 Å². The van der Waals surface area contributed by atoms with E-state index < -0.39 is 0 Å². The number of hydrogen-bond donors (Lipinski definition) is 1. The van der Waals surface area contributed by atoms with E-state index in [0.717, 1.165) is 5.75 Å². The standard InChI is InChI=1S/C6H9N3S/c7-6-5(3-10-6)9-2-1-8-4-9/h1-2,4-6H,3,7H2. The highest BCUT2D eigenvalue weighted by molar-refractivity contribution is 8.01. The van der Waals surface area contributed by atoms with Crippen molar-refractivity contribution >= 4 is 11.8 Å². The molecule has 1 saturated heterocycles. The fraction of sp³-hybridized carbons (Fsp3) is 0.500. The smallest absolute Gasteiger partial charge is 0.0949 e. The molecule has 3 nitrogen and oxygen atoms in total. The van der Waals surface area contributed by atoms with Gasteiger partial charge in [-0.3, -0.25) is 0 Å². The molecule has 1 aliphatic heterocycles. The van der Waals surface area contributed by atoms with Crippen LogP contribution < -0.4 is 5.73 Å². The van der Waals surface area contributed by atoms with Gasteiger partial charge in [0.05, 0.1) is 17.7 Å². The Morgan fingerprint density at radius 3 is 3.00 bits per heavy atom. The molecule has 1 aromatic rings. The molecule has 1 aliphatic rings. The van der Waals surface area contributed by atoms with Gasteiger partial charge >= 0.3 is 0 Å². The zero-order valence-corrected chi connectivity index (χ0v) is 6.29. The van der Waals surface area contributed by atoms with E-state index >= 15 is 0 Å². The van der Waals surface area contributed by atoms with Gasteiger partial charge in [0, 0.05) is 18.1 Å². The van der Waals surface area contributed by atoms with Gasteiger partial charge in [-0.25, -0.2) is 4.98 Å². The van der Waals surface area contributed by atoms with Crippen LogP contribution in [0.15, 0.2) is 18.7 Å². The molecule has 0 radical (unpaired) electrons. The van der Waals surface area contributed by atoms with Crippen LogP contribution >= 0.6 is 11.8 Å². The minimum absolute atomic E-state index is 0.272. The molecule has 1 aromatic heterocycles. The average molecular weight is 155 g/mol. The number of nitrogens with two attached hydrogens (primary N) is 1. The summed E-state index contributed by atoms with van der Waals surface area (Å²) < 4.78 is 2.07. The lowest BCUT2D eigenvalue weighted by Crippen LogP contribution is -2.39. The quantitative estimate of drug-likeness (QED) is 0.640. The van der Waals surface area contributed by atoms with E-state index in [9.17, 15) is 0 Å². The number of thioether (sulfide) groups is 1. The predicted octanol–water partition coefficient (Wildman–Crippen LogP) is 0.456. The van der Waals surface area contributed by atoms with Crippen molar-refractivity contribution in [2.45, 2.75) is 11.4 Å². The lowest BCUT2D eigenvalue weighted by molar-refractivity contribution is 0.507. The summed E-state index contributed by atoms with van der Waals surface area (Å²) in [4.78, 5) is 3.96. The topological polar surface area (TPSA) is 43.8 Å². The summed E-state index contributed by atoms with van der Waals surface area (Å²) in [7, 11) is 0. The maximum atomic E-state index is 5.73. The van der Waals surface area contributed by atoms with Gasteiger partial charge in [0.15, 0.2) is 0 Å². The van der Waals surface area contributed by atoms with E-state index in [0.29, 0.717) is 6.04 Å². The highest BCUT2D eigenvalue weighted by Crippen LogP contribution is 2.33. The molecule has 2 heterocycles. The SMILES string of the molecule is NC1SCC1n1ccnc1. The second kappa shape index (κ2) is 2.29. The number of aromatic nitrogens is 2. The van der Waals surface area contributed by atoms with Crippen LogP contribution in [-0.2, 0) is 0 Å². The van der Waals surface area contributed by atoms with E-state index in [-0.39, 0.29) is 5.37 Å². The molecule has 0 aliphatic carbocycles. The van der Waals surface area contributed by atoms with Crippen molar-refractivity contribution in [3.8, 4) is 0 Å². The Labute approximate surface area is 63.6 Å². The normalized spacial score (nSPS) is 31.7. The van der Waals surface area contributed by atoms with Gasteiger partial charge in [-0.1, -0.05) is 0 Å². The zero-order valence-electron chi connectivity index (χ0n) is 5.47. The second-order valence-corrected chi connectivity index (χ2v) is 3.59. The second-order valence-electron chi connectivity index (χ2n) is 2.38. The van der Waals surface area contributed by atoms with Crippen molar-refractivity contribution < 1.29 is 0 Å². The molecule has 2 atom stereocenters. The van der Waals surface area contributed by atoms with Gasteiger partial charge in [-0.05, 0) is 0 Å². The first-order chi connectivity index (χ1) is 4.88. The average Bonchev–Trinajstić information content (AvgIpc) is 2.37. The van der Waals surface area contributed by atoms with Crippen molar-refractivity contribution in [3.05, 3.63) is 18.7 Å². The molecule has 10 heavy (non-hydrogen) atoms. The van der Waals surface area contributed by atoms with Gasteiger partial charge < -0.3 is 10.3 Å². The minimum atomic E-state index is 0.272. The fourth-order valence-corrected chi connectivity index (χ4v) is 1.91. The molecule has 0 spiro atoms. The molecule has 54 valence electrons. The third-order valence-corrected chi connectivity index (χ3v) is 2.98. The van der Waals surface area contributed by atoms with E-state index in [1.807, 2.05) is 12.5 Å². The Morgan fingerprint density at radius 2 is 2.60 bits per heavy atom. The molecule has 0 aromatic carbocycles. The molecule has 2 unspecified atom stereocenters. The highest BCUT2D eigenvalue weighted by atomic mass is 32.2. The Morgan fingerprint density at radius 1 is 1.70 bits per heavy atom. The Kier molecular flexibility index (Phi) is 1.43. The van der Waals surface area contributed by atoms with Crippen molar-refractivity contribution in [2.75, 3.05) is 5.75 Å². The van der Waals surface area contributed by atoms with Crippen LogP contribution in [0, 0.1) is 0 Å². The number of rotatable bonds is 1. The lowest BCUT2D eigenvalue weighted by Gasteiger charge is -2.33. The Hall–Kier alpha value is -0.480. The van der Waals surface area contributed by atoms with Crippen molar-refractivity contribution in [1.82, 2.24) is 9.55 Å². The van der Waals surface area contributed by atoms with E-state index in [1.54, 1.807) is 18.0 Å². The van der Waals surface area contributed by atoms with Gasteiger partial charge in [-0.15, -0.1) is 11.8 Å². The summed E-state index contributed by atoms with van der Waals surface area (Å²) in [5.74, 6) is 1.12. The van der Waals surface area contributed by atoms with Crippen LogP contribution in [0.2, 0.25) is 0 Å². The molecule has 0 saturated carbocycles. The molecule has 2 N–H and O–H groups in total. The summed E-state index contributed by atoms with van der Waals surface area (Å²) in [5.41, 5.74) is 5.73. The molecule has 0 amide bonds. The van der Waals surface area contributed by atoms with Crippen molar-refractivity contribution in [2.24, 2.45) is 5.73 Å². The zero-order chi connectivity index (χ0) is 6.97. The van der Waals surface area contributed by atoms with Crippen molar-refractivity contribution in [3.63, 3.8) is 0 Å². The summed E-state index contributed by atoms with van der Waals surface area (Å²) in [6, 6.07) is 0.479. The monoisotopic (exact) mass is 155 g/mol. The molecule has 4 heteroatoms. The Bertz CT molecular complexity index is 209. The highest BCUT2D eigenvalue weighted by Gasteiger charge is 2.28. The van der Waals surface area contributed by atoms with Crippen LogP contribution in [-0.4, -0.2) is 20.7 Å². The molecular weight excluding hydrogens is 146 g/mol. The van der Waals surface area contributed by atoms with Crippen LogP contribution in [0.4, 0.5) is 0 Å². The van der Waals surface area contributed by atoms with Gasteiger partial charge in [0.1, 0.15) is 0 Å². The first kappa shape index (κ1) is 6.24. The maximum absolute atomic E-state index is 5.73. The largest absolute Gasteiger partial charge is 0.331 e. The summed E-state index contributed by atoms with van der Waals surface area (Å²) in [6.45, 7) is 0. The molecule has 2 rings (SSSR count). The third-order valence-electron chi connectivity index (χ3n) is 1.75. The predicted molar refractivity (Wildman–Crippen MR) is 41.7 cm³/mol. The van der Waals surface area contributed by atoms with E-state index in [4.69, 9.17) is 5.73 Å². The molecular formula is C6H9N3S. The first-order valence-electron chi connectivity index (χ1n) is 3.22. The number of imidazole rings is 1. The minimum Gasteiger partial charge on any atom is -0.331 e. The maximum Gasteiger partial charge on any atom is 0.0949 e. The van der Waals surface area contributed by atoms with E-state index in [1.165, 1.54) is 0 Å². The van der Waals surface area contributed by atoms with Crippen LogP contribution in [0.1, 0.15) is 6.04 Å². The fourth-order valence-electron chi connectivity index (χ4n) is 1.01. The van der Waals surface area contributed by atoms with Gasteiger partial charge in [0.2, 0.25) is 0 Å². The summed E-state index contributed by atoms with van der Waals surface area (Å²) in [6.07, 6.45) is 5.57. The molecule has 0 bridgehead atoms. The van der Waals surface area contributed by atoms with Gasteiger partial charge in [0.25, 0.3) is 0 Å². The first-order valence-corrected chi connectivity index (χ1v) is 4.27. The summed E-state index contributed by atoms with van der Waals surface area (Å²) in [5, 5.41) is 0.272. The number of nitrogens with zero attached hydrogens (tertiary/aromatic N) is 2. The lowest BCUT2D eigenvalue weighted by atomic mass is 10.3. The van der Waals surface area contributed by atoms with Crippen LogP contribution in [0.3, 0.4) is 0 Å². The third kappa shape index (κ3) is 0.839. The van der Waals surface area contributed by atoms with E-state index in [2.05, 4.69) is 9.55 Å².